The Morgan fingerprint density at radius 2 is 1.50 bits per heavy atom. The van der Waals surface area contributed by atoms with Crippen LogP contribution >= 0.6 is 0 Å². The fraction of sp³-hybridized carbons (Fsp3) is 1.00. The molecule has 2 heteroatoms. The number of nitrogens with one attached hydrogen (secondary N) is 1. The second-order valence-corrected chi connectivity index (χ2v) is 8.70. The molecule has 1 heterocycles. The maximum atomic E-state index is 3.78. The SMILES string of the molecule is CCC(C)(CC)CCN(C)C1CC(C)(C)NC(C)(C)C1. The number of rotatable bonds is 6. The quantitative estimate of drug-likeness (QED) is 0.774. The molecule has 1 saturated heterocycles. The van der Waals surface area contributed by atoms with Gasteiger partial charge in [0.1, 0.15) is 0 Å². The lowest BCUT2D eigenvalue weighted by Gasteiger charge is -2.49. The molecule has 0 aromatic rings. The van der Waals surface area contributed by atoms with Crippen LogP contribution in [-0.2, 0) is 0 Å². The minimum Gasteiger partial charge on any atom is -0.307 e. The highest BCUT2D eigenvalue weighted by Gasteiger charge is 2.39. The molecule has 1 aliphatic rings. The largest absolute Gasteiger partial charge is 0.307 e. The van der Waals surface area contributed by atoms with Crippen LogP contribution in [0.2, 0.25) is 0 Å². The van der Waals surface area contributed by atoms with Gasteiger partial charge in [-0.2, -0.15) is 0 Å². The van der Waals surface area contributed by atoms with Gasteiger partial charge in [0.25, 0.3) is 0 Å². The van der Waals surface area contributed by atoms with Gasteiger partial charge in [0.05, 0.1) is 0 Å². The lowest BCUT2D eigenvalue weighted by atomic mass is 9.78. The third-order valence-corrected chi connectivity index (χ3v) is 5.57. The van der Waals surface area contributed by atoms with Gasteiger partial charge in [-0.1, -0.05) is 33.6 Å². The van der Waals surface area contributed by atoms with Crippen LogP contribution in [0.25, 0.3) is 0 Å². The molecular formula is C18H38N2. The Bertz CT molecular complexity index is 287. The number of piperidine rings is 1. The molecule has 0 bridgehead atoms. The molecular weight excluding hydrogens is 244 g/mol. The van der Waals surface area contributed by atoms with Gasteiger partial charge in [-0.25, -0.2) is 0 Å². The molecule has 120 valence electrons. The van der Waals surface area contributed by atoms with E-state index < -0.39 is 0 Å². The number of nitrogens with zero attached hydrogens (tertiary/aromatic N) is 1. The van der Waals surface area contributed by atoms with Gasteiger partial charge >= 0.3 is 0 Å². The summed E-state index contributed by atoms with van der Waals surface area (Å²) in [6, 6.07) is 0.708. The van der Waals surface area contributed by atoms with E-state index in [0.29, 0.717) is 11.5 Å². The van der Waals surface area contributed by atoms with Crippen LogP contribution in [0.1, 0.15) is 80.6 Å². The highest BCUT2D eigenvalue weighted by Crippen LogP contribution is 2.33. The van der Waals surface area contributed by atoms with Gasteiger partial charge in [0.2, 0.25) is 0 Å². The average molecular weight is 283 g/mol. The van der Waals surface area contributed by atoms with Crippen molar-refractivity contribution in [2.24, 2.45) is 5.41 Å². The Labute approximate surface area is 127 Å². The van der Waals surface area contributed by atoms with E-state index >= 15 is 0 Å². The van der Waals surface area contributed by atoms with Crippen molar-refractivity contribution in [3.63, 3.8) is 0 Å². The Balaban J connectivity index is 2.61. The van der Waals surface area contributed by atoms with E-state index in [0.717, 1.165) is 0 Å². The maximum Gasteiger partial charge on any atom is 0.0145 e. The van der Waals surface area contributed by atoms with Crippen molar-refractivity contribution in [3.05, 3.63) is 0 Å². The molecule has 20 heavy (non-hydrogen) atoms. The van der Waals surface area contributed by atoms with Crippen LogP contribution in [0.5, 0.6) is 0 Å². The van der Waals surface area contributed by atoms with Crippen molar-refractivity contribution in [1.29, 1.82) is 0 Å². The van der Waals surface area contributed by atoms with Gasteiger partial charge in [-0.3, -0.25) is 0 Å². The summed E-state index contributed by atoms with van der Waals surface area (Å²) in [6.07, 6.45) is 6.41. The summed E-state index contributed by atoms with van der Waals surface area (Å²) in [5, 5.41) is 3.78. The monoisotopic (exact) mass is 282 g/mol. The number of hydrogen-bond donors (Lipinski definition) is 1. The van der Waals surface area contributed by atoms with E-state index in [1.165, 1.54) is 38.6 Å². The summed E-state index contributed by atoms with van der Waals surface area (Å²) in [5.74, 6) is 0. The first-order chi connectivity index (χ1) is 9.02. The first kappa shape index (κ1) is 18.0. The normalized spacial score (nSPS) is 23.2. The zero-order chi connectivity index (χ0) is 15.6. The summed E-state index contributed by atoms with van der Waals surface area (Å²) >= 11 is 0. The second kappa shape index (κ2) is 6.36. The van der Waals surface area contributed by atoms with Gasteiger partial charge in [0.15, 0.2) is 0 Å². The van der Waals surface area contributed by atoms with E-state index in [-0.39, 0.29) is 11.1 Å². The summed E-state index contributed by atoms with van der Waals surface area (Å²) in [4.78, 5) is 2.62. The molecule has 0 aromatic heterocycles. The highest BCUT2D eigenvalue weighted by atomic mass is 15.2. The first-order valence-electron chi connectivity index (χ1n) is 8.52. The third kappa shape index (κ3) is 5.04. The summed E-state index contributed by atoms with van der Waals surface area (Å²) < 4.78 is 0. The van der Waals surface area contributed by atoms with E-state index in [1.54, 1.807) is 0 Å². The van der Waals surface area contributed by atoms with Crippen LogP contribution in [0.3, 0.4) is 0 Å². The molecule has 1 aliphatic heterocycles. The van der Waals surface area contributed by atoms with Gasteiger partial charge in [-0.15, -0.1) is 0 Å². The Morgan fingerprint density at radius 3 is 1.90 bits per heavy atom. The van der Waals surface area contributed by atoms with Crippen LogP contribution in [0.15, 0.2) is 0 Å². The highest BCUT2D eigenvalue weighted by molar-refractivity contribution is 4.99. The van der Waals surface area contributed by atoms with E-state index in [2.05, 4.69) is 65.7 Å². The molecule has 2 nitrogen and oxygen atoms in total. The molecule has 1 N–H and O–H groups in total. The lowest BCUT2D eigenvalue weighted by molar-refractivity contribution is 0.0723. The van der Waals surface area contributed by atoms with Gasteiger partial charge in [-0.05, 0) is 66.0 Å². The smallest absolute Gasteiger partial charge is 0.0145 e. The zero-order valence-electron chi connectivity index (χ0n) is 15.3. The molecule has 0 radical (unpaired) electrons. The molecule has 1 rings (SSSR count). The fourth-order valence-corrected chi connectivity index (χ4v) is 3.81. The van der Waals surface area contributed by atoms with Crippen molar-refractivity contribution in [2.75, 3.05) is 13.6 Å². The molecule has 0 unspecified atom stereocenters. The predicted octanol–water partition coefficient (Wildman–Crippen LogP) is 4.44. The molecule has 0 aliphatic carbocycles. The van der Waals surface area contributed by atoms with Crippen molar-refractivity contribution in [2.45, 2.75) is 97.7 Å². The minimum atomic E-state index is 0.249. The van der Waals surface area contributed by atoms with Crippen LogP contribution in [-0.4, -0.2) is 35.6 Å². The van der Waals surface area contributed by atoms with Crippen LogP contribution in [0.4, 0.5) is 0 Å². The third-order valence-electron chi connectivity index (χ3n) is 5.57. The number of hydrogen-bond acceptors (Lipinski definition) is 2. The lowest BCUT2D eigenvalue weighted by Crippen LogP contribution is -2.61. The molecule has 0 aromatic carbocycles. The van der Waals surface area contributed by atoms with Crippen molar-refractivity contribution >= 4 is 0 Å². The average Bonchev–Trinajstić information content (AvgIpc) is 2.31. The summed E-state index contributed by atoms with van der Waals surface area (Å²) in [6.45, 7) is 17.7. The molecule has 1 fully saturated rings. The van der Waals surface area contributed by atoms with E-state index in [9.17, 15) is 0 Å². The maximum absolute atomic E-state index is 3.78. The molecule has 0 atom stereocenters. The molecule has 0 saturated carbocycles. The fourth-order valence-electron chi connectivity index (χ4n) is 3.81. The predicted molar refractivity (Wildman–Crippen MR) is 90.3 cm³/mol. The summed E-state index contributed by atoms with van der Waals surface area (Å²) in [7, 11) is 2.33. The van der Waals surface area contributed by atoms with E-state index in [4.69, 9.17) is 0 Å². The Kier molecular flexibility index (Phi) is 5.71. The Hall–Kier alpha value is -0.0800. The molecule has 0 amide bonds. The van der Waals surface area contributed by atoms with E-state index in [1.807, 2.05) is 0 Å². The first-order valence-corrected chi connectivity index (χ1v) is 8.52. The van der Waals surface area contributed by atoms with Crippen molar-refractivity contribution in [3.8, 4) is 0 Å². The standard InChI is InChI=1S/C18H38N2/c1-9-18(7,10-2)11-12-20(8)15-13-16(3,4)19-17(5,6)14-15/h15,19H,9-14H2,1-8H3. The summed E-state index contributed by atoms with van der Waals surface area (Å²) in [5.41, 5.74) is 1.02. The van der Waals surface area contributed by atoms with Gasteiger partial charge < -0.3 is 10.2 Å². The second-order valence-electron chi connectivity index (χ2n) is 8.70. The topological polar surface area (TPSA) is 15.3 Å². The van der Waals surface area contributed by atoms with Crippen molar-refractivity contribution < 1.29 is 0 Å². The Morgan fingerprint density at radius 1 is 1.05 bits per heavy atom. The van der Waals surface area contributed by atoms with Crippen LogP contribution in [0, 0.1) is 5.41 Å². The van der Waals surface area contributed by atoms with Crippen LogP contribution < -0.4 is 5.32 Å². The minimum absolute atomic E-state index is 0.249. The van der Waals surface area contributed by atoms with Crippen molar-refractivity contribution in [1.82, 2.24) is 10.2 Å². The molecule has 0 spiro atoms. The van der Waals surface area contributed by atoms with Gasteiger partial charge in [0, 0.05) is 17.1 Å². The zero-order valence-corrected chi connectivity index (χ0v) is 15.3.